The molecular weight excluding hydrogens is 476 g/mol. The van der Waals surface area contributed by atoms with Crippen molar-refractivity contribution in [1.82, 2.24) is 9.80 Å². The van der Waals surface area contributed by atoms with Crippen LogP contribution in [0.25, 0.3) is 10.8 Å². The SMILES string of the molecule is COc1cc(CN2CCN(C(=O)c3ccc4c(OC)c(OC)c(OC)cc4c3)CC2)cc(OC)c1OC. The van der Waals surface area contributed by atoms with Crippen molar-refractivity contribution in [1.29, 1.82) is 0 Å². The third-order valence-electron chi connectivity index (χ3n) is 6.68. The first-order valence-corrected chi connectivity index (χ1v) is 12.0. The van der Waals surface area contributed by atoms with E-state index in [-0.39, 0.29) is 5.91 Å². The van der Waals surface area contributed by atoms with E-state index < -0.39 is 0 Å². The van der Waals surface area contributed by atoms with Crippen LogP contribution in [0.4, 0.5) is 0 Å². The maximum Gasteiger partial charge on any atom is 0.253 e. The van der Waals surface area contributed by atoms with E-state index in [1.165, 1.54) is 0 Å². The summed E-state index contributed by atoms with van der Waals surface area (Å²) in [6, 6.07) is 11.4. The largest absolute Gasteiger partial charge is 0.493 e. The number of fused-ring (bicyclic) bond motifs is 1. The van der Waals surface area contributed by atoms with Crippen LogP contribution in [0.3, 0.4) is 0 Å². The van der Waals surface area contributed by atoms with Gasteiger partial charge in [-0.1, -0.05) is 0 Å². The molecule has 1 fully saturated rings. The molecule has 0 bridgehead atoms. The van der Waals surface area contributed by atoms with Crippen LogP contribution in [0.1, 0.15) is 15.9 Å². The predicted molar refractivity (Wildman–Crippen MR) is 141 cm³/mol. The van der Waals surface area contributed by atoms with E-state index in [9.17, 15) is 4.79 Å². The smallest absolute Gasteiger partial charge is 0.253 e. The quantitative estimate of drug-likeness (QED) is 0.430. The van der Waals surface area contributed by atoms with Crippen molar-refractivity contribution in [3.05, 3.63) is 47.5 Å². The lowest BCUT2D eigenvalue weighted by atomic mass is 10.0. The normalized spacial score (nSPS) is 13.8. The summed E-state index contributed by atoms with van der Waals surface area (Å²) in [4.78, 5) is 17.6. The van der Waals surface area contributed by atoms with Crippen LogP contribution in [0, 0.1) is 0 Å². The number of carbonyl (C=O) groups is 1. The molecule has 0 aromatic heterocycles. The summed E-state index contributed by atoms with van der Waals surface area (Å²) >= 11 is 0. The molecule has 0 radical (unpaired) electrons. The topological polar surface area (TPSA) is 78.9 Å². The van der Waals surface area contributed by atoms with E-state index in [0.717, 1.165) is 36.0 Å². The molecule has 1 amide bonds. The Morgan fingerprint density at radius 1 is 0.676 bits per heavy atom. The second-order valence-electron chi connectivity index (χ2n) is 8.68. The summed E-state index contributed by atoms with van der Waals surface area (Å²) in [5.41, 5.74) is 1.68. The van der Waals surface area contributed by atoms with Gasteiger partial charge in [-0.25, -0.2) is 0 Å². The first-order chi connectivity index (χ1) is 18.0. The maximum atomic E-state index is 13.4. The molecular formula is C28H34N2O7. The van der Waals surface area contributed by atoms with Crippen molar-refractivity contribution >= 4 is 16.7 Å². The number of rotatable bonds is 9. The molecule has 37 heavy (non-hydrogen) atoms. The Labute approximate surface area is 217 Å². The number of ether oxygens (including phenoxy) is 6. The molecule has 9 nitrogen and oxygen atoms in total. The first-order valence-electron chi connectivity index (χ1n) is 12.0. The van der Waals surface area contributed by atoms with Gasteiger partial charge in [0, 0.05) is 43.7 Å². The fourth-order valence-corrected chi connectivity index (χ4v) is 4.79. The van der Waals surface area contributed by atoms with Gasteiger partial charge in [-0.05, 0) is 47.3 Å². The number of nitrogens with zero attached hydrogens (tertiary/aromatic N) is 2. The molecule has 0 aliphatic carbocycles. The number of hydrogen-bond donors (Lipinski definition) is 0. The Balaban J connectivity index is 1.47. The summed E-state index contributed by atoms with van der Waals surface area (Å²) in [6.07, 6.45) is 0. The summed E-state index contributed by atoms with van der Waals surface area (Å²) in [7, 11) is 9.56. The van der Waals surface area contributed by atoms with Gasteiger partial charge in [-0.2, -0.15) is 0 Å². The number of hydrogen-bond acceptors (Lipinski definition) is 8. The van der Waals surface area contributed by atoms with Crippen LogP contribution < -0.4 is 28.4 Å². The molecule has 1 aliphatic heterocycles. The van der Waals surface area contributed by atoms with Crippen molar-refractivity contribution in [2.24, 2.45) is 0 Å². The zero-order valence-electron chi connectivity index (χ0n) is 22.3. The van der Waals surface area contributed by atoms with E-state index in [2.05, 4.69) is 4.90 Å². The van der Waals surface area contributed by atoms with Crippen LogP contribution >= 0.6 is 0 Å². The molecule has 4 rings (SSSR count). The van der Waals surface area contributed by atoms with Gasteiger partial charge < -0.3 is 33.3 Å². The highest BCUT2D eigenvalue weighted by molar-refractivity contribution is 6.01. The highest BCUT2D eigenvalue weighted by atomic mass is 16.5. The molecule has 0 unspecified atom stereocenters. The second-order valence-corrected chi connectivity index (χ2v) is 8.68. The van der Waals surface area contributed by atoms with Crippen molar-refractivity contribution in [2.45, 2.75) is 6.54 Å². The molecule has 0 atom stereocenters. The molecule has 198 valence electrons. The Kier molecular flexibility index (Phi) is 8.13. The van der Waals surface area contributed by atoms with Crippen LogP contribution in [0.2, 0.25) is 0 Å². The van der Waals surface area contributed by atoms with Crippen molar-refractivity contribution in [2.75, 3.05) is 68.8 Å². The molecule has 1 saturated heterocycles. The summed E-state index contributed by atoms with van der Waals surface area (Å²) < 4.78 is 32.9. The minimum absolute atomic E-state index is 0.00286. The minimum Gasteiger partial charge on any atom is -0.493 e. The zero-order valence-corrected chi connectivity index (χ0v) is 22.3. The van der Waals surface area contributed by atoms with Gasteiger partial charge in [-0.3, -0.25) is 9.69 Å². The van der Waals surface area contributed by atoms with E-state index in [1.807, 2.05) is 41.3 Å². The Bertz CT molecular complexity index is 1240. The van der Waals surface area contributed by atoms with Gasteiger partial charge in [-0.15, -0.1) is 0 Å². The van der Waals surface area contributed by atoms with Crippen molar-refractivity contribution < 1.29 is 33.2 Å². The van der Waals surface area contributed by atoms with Crippen LogP contribution in [0.5, 0.6) is 34.5 Å². The van der Waals surface area contributed by atoms with Gasteiger partial charge in [0.05, 0.1) is 42.7 Å². The Morgan fingerprint density at radius 2 is 1.24 bits per heavy atom. The molecule has 9 heteroatoms. The molecule has 1 heterocycles. The van der Waals surface area contributed by atoms with Gasteiger partial charge in [0.2, 0.25) is 11.5 Å². The third-order valence-corrected chi connectivity index (χ3v) is 6.68. The fraction of sp³-hybridized carbons (Fsp3) is 0.393. The average Bonchev–Trinajstić information content (AvgIpc) is 2.94. The van der Waals surface area contributed by atoms with Crippen molar-refractivity contribution in [3.63, 3.8) is 0 Å². The number of benzene rings is 3. The van der Waals surface area contributed by atoms with Gasteiger partial charge in [0.15, 0.2) is 23.0 Å². The lowest BCUT2D eigenvalue weighted by molar-refractivity contribution is 0.0628. The van der Waals surface area contributed by atoms with Gasteiger partial charge >= 0.3 is 0 Å². The number of amides is 1. The lowest BCUT2D eigenvalue weighted by Gasteiger charge is -2.35. The summed E-state index contributed by atoms with van der Waals surface area (Å²) in [5.74, 6) is 3.50. The minimum atomic E-state index is 0.00286. The summed E-state index contributed by atoms with van der Waals surface area (Å²) in [6.45, 7) is 3.51. The number of piperazine rings is 1. The lowest BCUT2D eigenvalue weighted by Crippen LogP contribution is -2.48. The fourth-order valence-electron chi connectivity index (χ4n) is 4.79. The van der Waals surface area contributed by atoms with E-state index in [1.54, 1.807) is 42.7 Å². The van der Waals surface area contributed by atoms with Crippen LogP contribution in [-0.2, 0) is 6.54 Å². The van der Waals surface area contributed by atoms with E-state index >= 15 is 0 Å². The van der Waals surface area contributed by atoms with Crippen molar-refractivity contribution in [3.8, 4) is 34.5 Å². The van der Waals surface area contributed by atoms with E-state index in [0.29, 0.717) is 53.2 Å². The first kappa shape index (κ1) is 26.2. The molecule has 3 aromatic rings. The molecule has 0 N–H and O–H groups in total. The molecule has 0 saturated carbocycles. The molecule has 1 aliphatic rings. The second kappa shape index (κ2) is 11.5. The zero-order chi connectivity index (χ0) is 26.5. The molecule has 0 spiro atoms. The third kappa shape index (κ3) is 5.17. The van der Waals surface area contributed by atoms with E-state index in [4.69, 9.17) is 28.4 Å². The van der Waals surface area contributed by atoms with Gasteiger partial charge in [0.25, 0.3) is 5.91 Å². The van der Waals surface area contributed by atoms with Crippen LogP contribution in [-0.4, -0.2) is 84.5 Å². The standard InChI is InChI=1S/C28H34N2O7/c1-32-22-13-18(14-23(33-2)26(22)36-5)17-29-9-11-30(12-10-29)28(31)19-7-8-21-20(15-19)16-24(34-3)27(37-6)25(21)35-4/h7-8,13-16H,9-12,17H2,1-6H3. The monoisotopic (exact) mass is 510 g/mol. The molecule has 3 aromatic carbocycles. The highest BCUT2D eigenvalue weighted by Gasteiger charge is 2.24. The highest BCUT2D eigenvalue weighted by Crippen LogP contribution is 2.43. The summed E-state index contributed by atoms with van der Waals surface area (Å²) in [5, 5.41) is 1.70. The van der Waals surface area contributed by atoms with Gasteiger partial charge in [0.1, 0.15) is 0 Å². The Hall–Kier alpha value is -3.85. The predicted octanol–water partition coefficient (Wildman–Crippen LogP) is 3.85. The average molecular weight is 511 g/mol. The number of carbonyl (C=O) groups excluding carboxylic acids is 1. The van der Waals surface area contributed by atoms with Crippen LogP contribution in [0.15, 0.2) is 36.4 Å². The maximum absolute atomic E-state index is 13.4. The number of methoxy groups -OCH3 is 6. The Morgan fingerprint density at radius 3 is 1.78 bits per heavy atom.